The SMILES string of the molecule is Cc1ccc(NC(=O)C2C(/C=C(/Cl)C(F)(F)F)C2(C)C)cc1. The number of aryl methyl sites for hydroxylation is 1. The van der Waals surface area contributed by atoms with Crippen LogP contribution in [-0.2, 0) is 4.79 Å². The average molecular weight is 332 g/mol. The average Bonchev–Trinajstić information content (AvgIpc) is 2.92. The molecule has 2 rings (SSSR count). The number of halogens is 4. The van der Waals surface area contributed by atoms with Crippen LogP contribution in [0.5, 0.6) is 0 Å². The highest BCUT2D eigenvalue weighted by molar-refractivity contribution is 6.30. The van der Waals surface area contributed by atoms with Gasteiger partial charge in [0, 0.05) is 5.69 Å². The molecule has 0 radical (unpaired) electrons. The Balaban J connectivity index is 2.09. The van der Waals surface area contributed by atoms with Gasteiger partial charge < -0.3 is 5.32 Å². The summed E-state index contributed by atoms with van der Waals surface area (Å²) >= 11 is 5.27. The number of anilines is 1. The highest BCUT2D eigenvalue weighted by Crippen LogP contribution is 2.60. The van der Waals surface area contributed by atoms with Crippen molar-refractivity contribution in [3.63, 3.8) is 0 Å². The molecule has 0 aromatic heterocycles. The van der Waals surface area contributed by atoms with Crippen LogP contribution in [0.15, 0.2) is 35.4 Å². The molecule has 1 fully saturated rings. The molecule has 1 aromatic rings. The van der Waals surface area contributed by atoms with Gasteiger partial charge in [0.25, 0.3) is 0 Å². The van der Waals surface area contributed by atoms with Crippen molar-refractivity contribution in [2.45, 2.75) is 26.9 Å². The minimum absolute atomic E-state index is 0.290. The molecule has 1 saturated carbocycles. The monoisotopic (exact) mass is 331 g/mol. The van der Waals surface area contributed by atoms with Crippen molar-refractivity contribution in [3.8, 4) is 0 Å². The fraction of sp³-hybridized carbons (Fsp3) is 0.438. The molecule has 1 N–H and O–H groups in total. The molecular weight excluding hydrogens is 315 g/mol. The van der Waals surface area contributed by atoms with Crippen LogP contribution < -0.4 is 5.32 Å². The van der Waals surface area contributed by atoms with Crippen LogP contribution in [0.25, 0.3) is 0 Å². The molecule has 0 heterocycles. The van der Waals surface area contributed by atoms with Crippen molar-refractivity contribution in [1.82, 2.24) is 0 Å². The first-order chi connectivity index (χ1) is 10.0. The van der Waals surface area contributed by atoms with Crippen LogP contribution in [-0.4, -0.2) is 12.1 Å². The molecule has 22 heavy (non-hydrogen) atoms. The molecule has 6 heteroatoms. The van der Waals surface area contributed by atoms with E-state index >= 15 is 0 Å². The van der Waals surface area contributed by atoms with E-state index in [-0.39, 0.29) is 5.91 Å². The molecular formula is C16H17ClF3NO. The van der Waals surface area contributed by atoms with E-state index in [9.17, 15) is 18.0 Å². The van der Waals surface area contributed by atoms with E-state index in [4.69, 9.17) is 11.6 Å². The summed E-state index contributed by atoms with van der Waals surface area (Å²) in [6, 6.07) is 7.23. The Morgan fingerprint density at radius 2 is 1.82 bits per heavy atom. The van der Waals surface area contributed by atoms with Crippen molar-refractivity contribution in [3.05, 3.63) is 40.9 Å². The summed E-state index contributed by atoms with van der Waals surface area (Å²) in [7, 11) is 0. The highest BCUT2D eigenvalue weighted by Gasteiger charge is 2.61. The van der Waals surface area contributed by atoms with Crippen LogP contribution in [0, 0.1) is 24.2 Å². The molecule has 2 unspecified atom stereocenters. The first kappa shape index (κ1) is 16.9. The maximum Gasteiger partial charge on any atom is 0.426 e. The third-order valence-corrected chi connectivity index (χ3v) is 4.45. The second-order valence-corrected chi connectivity index (χ2v) is 6.60. The minimum Gasteiger partial charge on any atom is -0.326 e. The number of allylic oxidation sites excluding steroid dienone is 2. The first-order valence-electron chi connectivity index (χ1n) is 6.85. The maximum atomic E-state index is 12.5. The Hall–Kier alpha value is -1.49. The lowest BCUT2D eigenvalue weighted by Gasteiger charge is -2.06. The zero-order chi connectivity index (χ0) is 16.7. The predicted molar refractivity (Wildman–Crippen MR) is 80.6 cm³/mol. The minimum atomic E-state index is -4.57. The predicted octanol–water partition coefficient (Wildman–Crippen LogP) is 4.89. The third-order valence-electron chi connectivity index (χ3n) is 4.11. The number of benzene rings is 1. The Labute approximate surface area is 132 Å². The van der Waals surface area contributed by atoms with E-state index in [1.807, 2.05) is 19.1 Å². The molecule has 0 aliphatic heterocycles. The van der Waals surface area contributed by atoms with E-state index < -0.39 is 28.5 Å². The summed E-state index contributed by atoms with van der Waals surface area (Å²) < 4.78 is 37.5. The standard InChI is InChI=1S/C16H17ClF3NO/c1-9-4-6-10(7-5-9)21-14(22)13-11(15(13,2)3)8-12(17)16(18,19)20/h4-8,11,13H,1-3H3,(H,21,22)/b12-8+. The number of nitrogens with one attached hydrogen (secondary N) is 1. The zero-order valence-electron chi connectivity index (χ0n) is 12.5. The quantitative estimate of drug-likeness (QED) is 0.839. The van der Waals surface area contributed by atoms with Gasteiger partial charge in [0.1, 0.15) is 5.03 Å². The van der Waals surface area contributed by atoms with Gasteiger partial charge in [-0.3, -0.25) is 4.79 Å². The first-order valence-corrected chi connectivity index (χ1v) is 7.23. The lowest BCUT2D eigenvalue weighted by molar-refractivity contribution is -0.118. The van der Waals surface area contributed by atoms with E-state index in [1.165, 1.54) is 0 Å². The Kier molecular flexibility index (Phi) is 4.30. The van der Waals surface area contributed by atoms with E-state index in [0.29, 0.717) is 5.69 Å². The van der Waals surface area contributed by atoms with Crippen molar-refractivity contribution in [1.29, 1.82) is 0 Å². The summed E-state index contributed by atoms with van der Waals surface area (Å²) in [5, 5.41) is 1.57. The van der Waals surface area contributed by atoms with Crippen LogP contribution in [0.1, 0.15) is 19.4 Å². The van der Waals surface area contributed by atoms with Crippen molar-refractivity contribution in [2.24, 2.45) is 17.3 Å². The van der Waals surface area contributed by atoms with E-state index in [2.05, 4.69) is 5.32 Å². The number of rotatable bonds is 3. The van der Waals surface area contributed by atoms with Gasteiger partial charge >= 0.3 is 6.18 Å². The Morgan fingerprint density at radius 1 is 1.27 bits per heavy atom. The summed E-state index contributed by atoms with van der Waals surface area (Å²) in [4.78, 5) is 12.3. The topological polar surface area (TPSA) is 29.1 Å². The molecule has 1 amide bonds. The lowest BCUT2D eigenvalue weighted by Crippen LogP contribution is -2.16. The molecule has 0 bridgehead atoms. The van der Waals surface area contributed by atoms with Gasteiger partial charge in [0.05, 0.1) is 5.92 Å². The Bertz CT molecular complexity index is 605. The van der Waals surface area contributed by atoms with Gasteiger partial charge in [0.15, 0.2) is 0 Å². The van der Waals surface area contributed by atoms with Gasteiger partial charge in [-0.2, -0.15) is 13.2 Å². The summed E-state index contributed by atoms with van der Waals surface area (Å²) in [6.07, 6.45) is -3.63. The number of hydrogen-bond donors (Lipinski definition) is 1. The van der Waals surface area contributed by atoms with Crippen LogP contribution in [0.3, 0.4) is 0 Å². The number of amides is 1. The van der Waals surface area contributed by atoms with Gasteiger partial charge in [-0.05, 0) is 30.4 Å². The smallest absolute Gasteiger partial charge is 0.326 e. The third kappa shape index (κ3) is 3.46. The zero-order valence-corrected chi connectivity index (χ0v) is 13.2. The summed E-state index contributed by atoms with van der Waals surface area (Å²) in [6.45, 7) is 5.44. The molecule has 2 atom stereocenters. The number of carbonyl (C=O) groups is 1. The highest BCUT2D eigenvalue weighted by atomic mass is 35.5. The van der Waals surface area contributed by atoms with Gasteiger partial charge in [-0.1, -0.05) is 49.2 Å². The summed E-state index contributed by atoms with van der Waals surface area (Å²) in [5.74, 6) is -1.33. The van der Waals surface area contributed by atoms with Gasteiger partial charge in [0.2, 0.25) is 5.91 Å². The second kappa shape index (κ2) is 5.61. The lowest BCUT2D eigenvalue weighted by atomic mass is 10.1. The number of hydrogen-bond acceptors (Lipinski definition) is 1. The van der Waals surface area contributed by atoms with E-state index in [0.717, 1.165) is 11.6 Å². The van der Waals surface area contributed by atoms with Gasteiger partial charge in [-0.15, -0.1) is 0 Å². The molecule has 1 aromatic carbocycles. The van der Waals surface area contributed by atoms with Crippen LogP contribution in [0.4, 0.5) is 18.9 Å². The molecule has 1 aliphatic rings. The summed E-state index contributed by atoms with van der Waals surface area (Å²) in [5.41, 5.74) is 1.14. The fourth-order valence-corrected chi connectivity index (χ4v) is 2.73. The van der Waals surface area contributed by atoms with Crippen molar-refractivity contribution < 1.29 is 18.0 Å². The Morgan fingerprint density at radius 3 is 2.32 bits per heavy atom. The molecule has 0 saturated heterocycles. The molecule has 2 nitrogen and oxygen atoms in total. The molecule has 120 valence electrons. The van der Waals surface area contributed by atoms with Crippen molar-refractivity contribution >= 4 is 23.2 Å². The van der Waals surface area contributed by atoms with Gasteiger partial charge in [-0.25, -0.2) is 0 Å². The fourth-order valence-electron chi connectivity index (χ4n) is 2.60. The number of alkyl halides is 3. The molecule has 1 aliphatic carbocycles. The maximum absolute atomic E-state index is 12.5. The van der Waals surface area contributed by atoms with E-state index in [1.54, 1.807) is 26.0 Å². The van der Waals surface area contributed by atoms with Crippen molar-refractivity contribution in [2.75, 3.05) is 5.32 Å². The van der Waals surface area contributed by atoms with Crippen LogP contribution >= 0.6 is 11.6 Å². The van der Waals surface area contributed by atoms with Crippen LogP contribution in [0.2, 0.25) is 0 Å². The molecule has 0 spiro atoms. The number of carbonyl (C=O) groups excluding carboxylic acids is 1. The second-order valence-electron chi connectivity index (χ2n) is 6.19. The largest absolute Gasteiger partial charge is 0.426 e. The normalized spacial score (nSPS) is 24.0.